The zero-order valence-corrected chi connectivity index (χ0v) is 18.4. The van der Waals surface area contributed by atoms with E-state index in [1.54, 1.807) is 30.3 Å². The van der Waals surface area contributed by atoms with E-state index in [1.807, 2.05) is 6.07 Å². The fourth-order valence-corrected chi connectivity index (χ4v) is 3.45. The van der Waals surface area contributed by atoms with E-state index in [0.717, 1.165) is 25.2 Å². The zero-order valence-electron chi connectivity index (χ0n) is 16.1. The molecule has 152 valence electrons. The molecule has 7 heteroatoms. The highest BCUT2D eigenvalue weighted by Crippen LogP contribution is 2.28. The van der Waals surface area contributed by atoms with Crippen molar-refractivity contribution >= 4 is 46.4 Å². The maximum absolute atomic E-state index is 12.2. The molecule has 0 heterocycles. The molecule has 0 aliphatic carbocycles. The van der Waals surface area contributed by atoms with Gasteiger partial charge in [-0.15, -0.1) is 0 Å². The molecule has 0 bridgehead atoms. The first-order valence-electron chi connectivity index (χ1n) is 9.31. The molecule has 28 heavy (non-hydrogen) atoms. The molecule has 0 atom stereocenters. The van der Waals surface area contributed by atoms with E-state index in [0.29, 0.717) is 46.0 Å². The number of aryl methyl sites for hydroxylation is 1. The summed E-state index contributed by atoms with van der Waals surface area (Å²) in [7, 11) is 0. The number of nitrogens with one attached hydrogen (secondary N) is 1. The van der Waals surface area contributed by atoms with E-state index in [2.05, 4.69) is 24.1 Å². The number of benzene rings is 2. The molecule has 2 rings (SSSR count). The summed E-state index contributed by atoms with van der Waals surface area (Å²) in [6.07, 6.45) is 0.837. The Bertz CT molecular complexity index is 795. The van der Waals surface area contributed by atoms with E-state index in [9.17, 15) is 4.79 Å². The van der Waals surface area contributed by atoms with Gasteiger partial charge in [0.1, 0.15) is 12.4 Å². The number of hydrogen-bond acceptors (Lipinski definition) is 3. The second-order valence-corrected chi connectivity index (χ2v) is 7.56. The van der Waals surface area contributed by atoms with Gasteiger partial charge in [0.2, 0.25) is 5.91 Å². The van der Waals surface area contributed by atoms with Crippen LogP contribution < -0.4 is 10.1 Å². The van der Waals surface area contributed by atoms with Crippen LogP contribution in [0.1, 0.15) is 25.8 Å². The number of hydrogen-bond donors (Lipinski definition) is 1. The predicted molar refractivity (Wildman–Crippen MR) is 118 cm³/mol. The largest absolute Gasteiger partial charge is 0.491 e. The monoisotopic (exact) mass is 442 g/mol. The lowest BCUT2D eigenvalue weighted by Gasteiger charge is -2.18. The van der Waals surface area contributed by atoms with Crippen molar-refractivity contribution in [1.29, 1.82) is 0 Å². The van der Waals surface area contributed by atoms with Gasteiger partial charge in [0.15, 0.2) is 0 Å². The Morgan fingerprint density at radius 1 is 1.04 bits per heavy atom. The Balaban J connectivity index is 1.85. The van der Waals surface area contributed by atoms with Crippen molar-refractivity contribution in [3.05, 3.63) is 57.0 Å². The number of halogens is 3. The number of anilines is 1. The van der Waals surface area contributed by atoms with Crippen molar-refractivity contribution < 1.29 is 9.53 Å². The molecule has 2 aromatic carbocycles. The number of nitrogens with zero attached hydrogens (tertiary/aromatic N) is 1. The molecule has 1 amide bonds. The average Bonchev–Trinajstić information content (AvgIpc) is 2.66. The van der Waals surface area contributed by atoms with Gasteiger partial charge in [-0.3, -0.25) is 4.79 Å². The van der Waals surface area contributed by atoms with Gasteiger partial charge >= 0.3 is 0 Å². The smallest absolute Gasteiger partial charge is 0.224 e. The van der Waals surface area contributed by atoms with Crippen LogP contribution >= 0.6 is 34.8 Å². The van der Waals surface area contributed by atoms with Crippen LogP contribution in [0.25, 0.3) is 0 Å². The molecular formula is C21H25Cl3N2O2. The number of likely N-dealkylation sites (N-methyl/N-ethyl adjacent to an activating group) is 1. The number of amides is 1. The molecule has 2 aromatic rings. The minimum atomic E-state index is -0.114. The molecule has 0 unspecified atom stereocenters. The number of ether oxygens (including phenoxy) is 1. The highest BCUT2D eigenvalue weighted by molar-refractivity contribution is 6.35. The van der Waals surface area contributed by atoms with Crippen LogP contribution in [0.2, 0.25) is 15.1 Å². The quantitative estimate of drug-likeness (QED) is 0.494. The molecular weight excluding hydrogens is 419 g/mol. The fraction of sp³-hybridized carbons (Fsp3) is 0.381. The Morgan fingerprint density at radius 2 is 1.79 bits per heavy atom. The summed E-state index contributed by atoms with van der Waals surface area (Å²) in [5.74, 6) is 0.497. The highest BCUT2D eigenvalue weighted by Gasteiger charge is 2.09. The van der Waals surface area contributed by atoms with Crippen molar-refractivity contribution in [1.82, 2.24) is 4.90 Å². The summed E-state index contributed by atoms with van der Waals surface area (Å²) in [5.41, 5.74) is 1.52. The standard InChI is InChI=1S/C21H25Cl3N2O2/c1-3-26(4-2)11-12-28-20-9-8-17(14-19(20)24)25-21(27)10-6-15-5-7-16(22)13-18(15)23/h5,7-9,13-14H,3-4,6,10-12H2,1-2H3,(H,25,27). The van der Waals surface area contributed by atoms with Gasteiger partial charge in [-0.1, -0.05) is 54.7 Å². The number of rotatable bonds is 10. The normalized spacial score (nSPS) is 10.9. The van der Waals surface area contributed by atoms with Crippen LogP contribution in [0.15, 0.2) is 36.4 Å². The molecule has 0 radical (unpaired) electrons. The molecule has 0 aliphatic heterocycles. The maximum atomic E-state index is 12.2. The molecule has 0 saturated heterocycles. The van der Waals surface area contributed by atoms with Crippen LogP contribution in [-0.2, 0) is 11.2 Å². The first-order chi connectivity index (χ1) is 13.4. The van der Waals surface area contributed by atoms with Crippen molar-refractivity contribution in [2.45, 2.75) is 26.7 Å². The van der Waals surface area contributed by atoms with Crippen molar-refractivity contribution in [2.24, 2.45) is 0 Å². The van der Waals surface area contributed by atoms with Gasteiger partial charge in [0.05, 0.1) is 5.02 Å². The summed E-state index contributed by atoms with van der Waals surface area (Å²) < 4.78 is 5.75. The third kappa shape index (κ3) is 7.17. The van der Waals surface area contributed by atoms with E-state index >= 15 is 0 Å². The summed E-state index contributed by atoms with van der Waals surface area (Å²) in [5, 5.41) is 4.46. The zero-order chi connectivity index (χ0) is 20.5. The molecule has 0 aliphatic rings. The number of carbonyl (C=O) groups is 1. The summed E-state index contributed by atoms with van der Waals surface area (Å²) in [6.45, 7) is 7.62. The molecule has 0 spiro atoms. The van der Waals surface area contributed by atoms with Crippen LogP contribution in [0.3, 0.4) is 0 Å². The third-order valence-corrected chi connectivity index (χ3v) is 5.29. The second kappa shape index (κ2) is 11.5. The summed E-state index contributed by atoms with van der Waals surface area (Å²) in [4.78, 5) is 14.5. The predicted octanol–water partition coefficient (Wildman–Crippen LogP) is 5.94. The van der Waals surface area contributed by atoms with Gasteiger partial charge in [0, 0.05) is 28.7 Å². The number of carbonyl (C=O) groups excluding carboxylic acids is 1. The SMILES string of the molecule is CCN(CC)CCOc1ccc(NC(=O)CCc2ccc(Cl)cc2Cl)cc1Cl. The van der Waals surface area contributed by atoms with E-state index in [4.69, 9.17) is 39.5 Å². The molecule has 1 N–H and O–H groups in total. The van der Waals surface area contributed by atoms with Crippen molar-refractivity contribution in [2.75, 3.05) is 31.6 Å². The maximum Gasteiger partial charge on any atom is 0.224 e. The van der Waals surface area contributed by atoms with Crippen LogP contribution in [0, 0.1) is 0 Å². The summed E-state index contributed by atoms with van der Waals surface area (Å²) >= 11 is 18.3. The first-order valence-corrected chi connectivity index (χ1v) is 10.4. The van der Waals surface area contributed by atoms with Crippen LogP contribution in [0.5, 0.6) is 5.75 Å². The third-order valence-electron chi connectivity index (χ3n) is 4.41. The second-order valence-electron chi connectivity index (χ2n) is 6.30. The average molecular weight is 444 g/mol. The highest BCUT2D eigenvalue weighted by atomic mass is 35.5. The molecule has 4 nitrogen and oxygen atoms in total. The Morgan fingerprint density at radius 3 is 2.43 bits per heavy atom. The van der Waals surface area contributed by atoms with Gasteiger partial charge in [-0.2, -0.15) is 0 Å². The molecule has 0 fully saturated rings. The summed E-state index contributed by atoms with van der Waals surface area (Å²) in [6, 6.07) is 10.5. The van der Waals surface area contributed by atoms with Crippen molar-refractivity contribution in [3.63, 3.8) is 0 Å². The Kier molecular flexibility index (Phi) is 9.39. The minimum absolute atomic E-state index is 0.114. The molecule has 0 aromatic heterocycles. The minimum Gasteiger partial charge on any atom is -0.491 e. The van der Waals surface area contributed by atoms with Gasteiger partial charge in [-0.25, -0.2) is 0 Å². The lowest BCUT2D eigenvalue weighted by molar-refractivity contribution is -0.116. The van der Waals surface area contributed by atoms with E-state index in [-0.39, 0.29) is 5.91 Å². The van der Waals surface area contributed by atoms with E-state index in [1.165, 1.54) is 0 Å². The van der Waals surface area contributed by atoms with Gasteiger partial charge in [0.25, 0.3) is 0 Å². The first kappa shape index (κ1) is 22.8. The van der Waals surface area contributed by atoms with Gasteiger partial charge < -0.3 is 15.0 Å². The molecule has 0 saturated carbocycles. The van der Waals surface area contributed by atoms with E-state index < -0.39 is 0 Å². The lowest BCUT2D eigenvalue weighted by Crippen LogP contribution is -2.27. The van der Waals surface area contributed by atoms with Gasteiger partial charge in [-0.05, 0) is 55.4 Å². The van der Waals surface area contributed by atoms with Crippen molar-refractivity contribution in [3.8, 4) is 5.75 Å². The topological polar surface area (TPSA) is 41.6 Å². The Labute approximate surface area is 181 Å². The van der Waals surface area contributed by atoms with Crippen LogP contribution in [0.4, 0.5) is 5.69 Å². The lowest BCUT2D eigenvalue weighted by atomic mass is 10.1. The fourth-order valence-electron chi connectivity index (χ4n) is 2.72. The Hall–Kier alpha value is -1.46. The van der Waals surface area contributed by atoms with Crippen LogP contribution in [-0.4, -0.2) is 37.0 Å².